The molecule has 19 heteroatoms. The third kappa shape index (κ3) is 9.43. The van der Waals surface area contributed by atoms with E-state index in [-0.39, 0.29) is 24.6 Å². The van der Waals surface area contributed by atoms with Crippen LogP contribution in [0.25, 0.3) is 0 Å². The maximum absolute atomic E-state index is 13.4. The Morgan fingerprint density at radius 3 is 2.29 bits per heavy atom. The summed E-state index contributed by atoms with van der Waals surface area (Å²) in [6.07, 6.45) is -5.15. The number of sulfonamides is 1. The number of primary amides is 1. The fourth-order valence-electron chi connectivity index (χ4n) is 2.67. The predicted molar refractivity (Wildman–Crippen MR) is 126 cm³/mol. The van der Waals surface area contributed by atoms with Crippen molar-refractivity contribution >= 4 is 45.1 Å². The van der Waals surface area contributed by atoms with E-state index in [0.717, 1.165) is 18.2 Å². The quantitative estimate of drug-likeness (QED) is 0.0807. The van der Waals surface area contributed by atoms with Crippen molar-refractivity contribution < 1.29 is 45.5 Å². The van der Waals surface area contributed by atoms with Crippen LogP contribution in [0.2, 0.25) is 5.02 Å². The molecule has 0 aliphatic carbocycles. The van der Waals surface area contributed by atoms with Crippen LogP contribution in [0.4, 0.5) is 23.2 Å². The van der Waals surface area contributed by atoms with E-state index in [1.807, 2.05) is 0 Å². The SMILES string of the molecule is Cc1cc(C(CCON=C(N)N)C(N)=O)c(NS(=O)(=O)c2ccc(F)c(Cl)c2)c(=O)[nH]1.O=C(O)C(F)(F)F. The van der Waals surface area contributed by atoms with Gasteiger partial charge in [-0.1, -0.05) is 11.6 Å². The molecular weight excluding hydrogens is 568 g/mol. The number of rotatable bonds is 9. The number of carboxylic acid groups (broad SMARTS) is 1. The first-order chi connectivity index (χ1) is 17.4. The molecule has 9 N–H and O–H groups in total. The van der Waals surface area contributed by atoms with Gasteiger partial charge in [0.2, 0.25) is 11.9 Å². The van der Waals surface area contributed by atoms with Gasteiger partial charge in [0, 0.05) is 5.69 Å². The number of hydrogen-bond acceptors (Lipinski definition) is 7. The Hall–Kier alpha value is -4.06. The van der Waals surface area contributed by atoms with Gasteiger partial charge in [0.05, 0.1) is 15.8 Å². The van der Waals surface area contributed by atoms with Crippen molar-refractivity contribution in [3.63, 3.8) is 0 Å². The number of carbonyl (C=O) groups is 2. The minimum atomic E-state index is -5.08. The van der Waals surface area contributed by atoms with Crippen LogP contribution in [0, 0.1) is 12.7 Å². The van der Waals surface area contributed by atoms with Crippen LogP contribution >= 0.6 is 11.6 Å². The summed E-state index contributed by atoms with van der Waals surface area (Å²) in [4.78, 5) is 40.4. The lowest BCUT2D eigenvalue weighted by atomic mass is 9.94. The van der Waals surface area contributed by atoms with Crippen LogP contribution in [0.1, 0.15) is 23.6 Å². The Bertz CT molecular complexity index is 1380. The number of nitrogens with zero attached hydrogens (tertiary/aromatic N) is 1. The van der Waals surface area contributed by atoms with Crippen LogP contribution < -0.4 is 27.5 Å². The van der Waals surface area contributed by atoms with E-state index in [0.29, 0.717) is 5.69 Å². The highest BCUT2D eigenvalue weighted by molar-refractivity contribution is 7.92. The number of anilines is 1. The molecule has 1 aromatic heterocycles. The predicted octanol–water partition coefficient (Wildman–Crippen LogP) is 1.07. The van der Waals surface area contributed by atoms with E-state index in [1.165, 1.54) is 13.0 Å². The summed E-state index contributed by atoms with van der Waals surface area (Å²) in [6.45, 7) is 1.38. The van der Waals surface area contributed by atoms with Crippen molar-refractivity contribution in [3.05, 3.63) is 56.7 Å². The standard InChI is InChI=1S/C17H20ClFN6O5S.C2HF3O2/c1-8-6-11(10(15(20)26)4-5-30-24-17(21)22)14(16(27)23-8)25-31(28,29)9-2-3-13(19)12(18)7-9;3-2(4,5)1(6)7/h2-3,6-7,10,25H,4-5H2,1H3,(H2,20,26)(H,23,27)(H4,21,22,24);(H,6,7). The van der Waals surface area contributed by atoms with Crippen molar-refractivity contribution in [1.29, 1.82) is 0 Å². The number of carboxylic acids is 1. The molecule has 1 atom stereocenters. The maximum atomic E-state index is 13.4. The summed E-state index contributed by atoms with van der Waals surface area (Å²) in [5, 5.41) is 10.0. The molecule has 0 bridgehead atoms. The number of oxime groups is 1. The Balaban J connectivity index is 0.000000905. The van der Waals surface area contributed by atoms with E-state index in [4.69, 9.17) is 43.5 Å². The number of guanidine groups is 1. The molecule has 1 amide bonds. The fraction of sp³-hybridized carbons (Fsp3) is 0.263. The van der Waals surface area contributed by atoms with Gasteiger partial charge < -0.3 is 32.1 Å². The Kier molecular flexibility index (Phi) is 10.9. The molecule has 2 rings (SSSR count). The molecule has 38 heavy (non-hydrogen) atoms. The molecule has 13 nitrogen and oxygen atoms in total. The van der Waals surface area contributed by atoms with Gasteiger partial charge in [-0.15, -0.1) is 0 Å². The molecule has 1 unspecified atom stereocenters. The zero-order chi connectivity index (χ0) is 29.4. The highest BCUT2D eigenvalue weighted by atomic mass is 35.5. The van der Waals surface area contributed by atoms with Gasteiger partial charge >= 0.3 is 12.1 Å². The maximum Gasteiger partial charge on any atom is 0.490 e. The summed E-state index contributed by atoms with van der Waals surface area (Å²) in [6, 6.07) is 4.12. The van der Waals surface area contributed by atoms with Gasteiger partial charge in [0.1, 0.15) is 18.1 Å². The molecule has 0 saturated heterocycles. The molecule has 0 aliphatic heterocycles. The molecule has 0 fully saturated rings. The number of nitrogens with two attached hydrogens (primary N) is 3. The summed E-state index contributed by atoms with van der Waals surface area (Å²) in [5.41, 5.74) is 14.9. The van der Waals surface area contributed by atoms with E-state index in [1.54, 1.807) is 0 Å². The number of aromatic amines is 1. The van der Waals surface area contributed by atoms with Gasteiger partial charge in [-0.05, 0) is 48.3 Å². The number of halogens is 5. The smallest absolute Gasteiger partial charge is 0.475 e. The highest BCUT2D eigenvalue weighted by Crippen LogP contribution is 2.28. The minimum absolute atomic E-state index is 0.0128. The van der Waals surface area contributed by atoms with Gasteiger partial charge in [-0.25, -0.2) is 17.6 Å². The van der Waals surface area contributed by atoms with Crippen LogP contribution in [0.5, 0.6) is 0 Å². The lowest BCUT2D eigenvalue weighted by Crippen LogP contribution is -2.29. The number of aliphatic carboxylic acids is 1. The van der Waals surface area contributed by atoms with E-state index < -0.39 is 61.0 Å². The highest BCUT2D eigenvalue weighted by Gasteiger charge is 2.38. The number of nitrogens with one attached hydrogen (secondary N) is 2. The molecule has 1 aromatic carbocycles. The fourth-order valence-corrected chi connectivity index (χ4v) is 4.04. The average molecular weight is 589 g/mol. The number of benzene rings is 1. The first-order valence-corrected chi connectivity index (χ1v) is 11.7. The molecule has 210 valence electrons. The van der Waals surface area contributed by atoms with Gasteiger partial charge in [0.25, 0.3) is 15.6 Å². The molecule has 0 aliphatic rings. The second-order valence-electron chi connectivity index (χ2n) is 7.19. The molecule has 0 spiro atoms. The van der Waals surface area contributed by atoms with Crippen molar-refractivity contribution in [3.8, 4) is 0 Å². The Morgan fingerprint density at radius 1 is 1.24 bits per heavy atom. The Morgan fingerprint density at radius 2 is 1.82 bits per heavy atom. The van der Waals surface area contributed by atoms with Gasteiger partial charge in [-0.3, -0.25) is 14.3 Å². The number of pyridine rings is 1. The number of aromatic nitrogens is 1. The number of alkyl halides is 3. The first kappa shape index (κ1) is 32.0. The second kappa shape index (κ2) is 13.0. The van der Waals surface area contributed by atoms with Gasteiger partial charge in [-0.2, -0.15) is 13.2 Å². The van der Waals surface area contributed by atoms with Crippen LogP contribution in [0.3, 0.4) is 0 Å². The van der Waals surface area contributed by atoms with Gasteiger partial charge in [0.15, 0.2) is 0 Å². The zero-order valence-corrected chi connectivity index (χ0v) is 20.7. The molecule has 2 aromatic rings. The number of H-pyrrole nitrogens is 1. The van der Waals surface area contributed by atoms with E-state index in [9.17, 15) is 35.6 Å². The monoisotopic (exact) mass is 588 g/mol. The summed E-state index contributed by atoms with van der Waals surface area (Å²) < 4.78 is 72.7. The van der Waals surface area contributed by atoms with Crippen molar-refractivity contribution in [2.75, 3.05) is 11.3 Å². The largest absolute Gasteiger partial charge is 0.490 e. The summed E-state index contributed by atoms with van der Waals surface area (Å²) in [7, 11) is -4.37. The lowest BCUT2D eigenvalue weighted by Gasteiger charge is -2.18. The van der Waals surface area contributed by atoms with Crippen LogP contribution in [-0.4, -0.2) is 49.1 Å². The summed E-state index contributed by atoms with van der Waals surface area (Å²) in [5.74, 6) is -5.88. The zero-order valence-electron chi connectivity index (χ0n) is 19.2. The normalized spacial score (nSPS) is 11.9. The average Bonchev–Trinajstić information content (AvgIpc) is 2.76. The van der Waals surface area contributed by atoms with Crippen LogP contribution in [-0.2, 0) is 24.4 Å². The third-order valence-corrected chi connectivity index (χ3v) is 5.90. The topological polar surface area (TPSA) is 233 Å². The van der Waals surface area contributed by atoms with E-state index in [2.05, 4.69) is 14.9 Å². The lowest BCUT2D eigenvalue weighted by molar-refractivity contribution is -0.192. The molecule has 1 heterocycles. The summed E-state index contributed by atoms with van der Waals surface area (Å²) >= 11 is 5.65. The van der Waals surface area contributed by atoms with Crippen LogP contribution in [0.15, 0.2) is 39.1 Å². The Labute approximate surface area is 216 Å². The molecule has 0 saturated carbocycles. The number of aryl methyl sites for hydroxylation is 1. The van der Waals surface area contributed by atoms with Crippen molar-refractivity contribution in [1.82, 2.24) is 4.98 Å². The van der Waals surface area contributed by atoms with Crippen molar-refractivity contribution in [2.45, 2.75) is 30.3 Å². The molecular formula is C19H21ClF4N6O7S. The number of amides is 1. The second-order valence-corrected chi connectivity index (χ2v) is 9.28. The van der Waals surface area contributed by atoms with E-state index >= 15 is 0 Å². The third-order valence-electron chi connectivity index (χ3n) is 4.27. The molecule has 0 radical (unpaired) electrons. The number of hydrogen-bond donors (Lipinski definition) is 6. The van der Waals surface area contributed by atoms with Crippen molar-refractivity contribution in [2.24, 2.45) is 22.4 Å². The number of carbonyl (C=O) groups excluding carboxylic acids is 1. The minimum Gasteiger partial charge on any atom is -0.475 e. The first-order valence-electron chi connectivity index (χ1n) is 9.88.